The van der Waals surface area contributed by atoms with Crippen LogP contribution in [-0.2, 0) is 0 Å². The zero-order valence-electron chi connectivity index (χ0n) is 10.7. The number of nitrogens with two attached hydrogens (primary N) is 1. The van der Waals surface area contributed by atoms with Gasteiger partial charge in [-0.05, 0) is 24.3 Å². The smallest absolute Gasteiger partial charge is 0.277 e. The number of nitrogen functional groups attached to an aromatic ring is 1. The molecule has 2 rings (SSSR count). The Bertz CT molecular complexity index is 629. The Balaban J connectivity index is 2.56. The molecular formula is C14H15N3O3. The van der Waals surface area contributed by atoms with Crippen LogP contribution < -0.4 is 11.1 Å². The lowest BCUT2D eigenvalue weighted by molar-refractivity contribution is -0.384. The summed E-state index contributed by atoms with van der Waals surface area (Å²) in [5.74, 6) is 0. The number of anilines is 2. The Morgan fingerprint density at radius 3 is 2.65 bits per heavy atom. The van der Waals surface area contributed by atoms with Crippen LogP contribution in [0.5, 0.6) is 0 Å². The molecule has 0 aliphatic heterocycles. The van der Waals surface area contributed by atoms with E-state index in [1.165, 1.54) is 6.07 Å². The zero-order valence-corrected chi connectivity index (χ0v) is 10.7. The summed E-state index contributed by atoms with van der Waals surface area (Å²) in [4.78, 5) is 10.7. The van der Waals surface area contributed by atoms with Crippen molar-refractivity contribution in [3.63, 3.8) is 0 Å². The maximum atomic E-state index is 11.1. The molecule has 0 aliphatic rings. The van der Waals surface area contributed by atoms with Crippen molar-refractivity contribution in [2.24, 2.45) is 0 Å². The van der Waals surface area contributed by atoms with Crippen LogP contribution in [0.15, 0.2) is 42.5 Å². The normalized spacial score (nSPS) is 10.2. The number of para-hydroxylation sites is 1. The van der Waals surface area contributed by atoms with E-state index >= 15 is 0 Å². The van der Waals surface area contributed by atoms with Crippen molar-refractivity contribution < 1.29 is 10.0 Å². The first-order valence-electron chi connectivity index (χ1n) is 6.11. The van der Waals surface area contributed by atoms with Gasteiger partial charge in [0.25, 0.3) is 5.69 Å². The Kier molecular flexibility index (Phi) is 4.17. The number of hydrogen-bond donors (Lipinski definition) is 3. The number of benzene rings is 2. The highest BCUT2D eigenvalue weighted by Crippen LogP contribution is 2.35. The zero-order chi connectivity index (χ0) is 14.5. The molecule has 2 aromatic rings. The first kappa shape index (κ1) is 13.8. The van der Waals surface area contributed by atoms with Gasteiger partial charge in [-0.2, -0.15) is 0 Å². The fourth-order valence-corrected chi connectivity index (χ4v) is 1.99. The highest BCUT2D eigenvalue weighted by Gasteiger charge is 2.17. The summed E-state index contributed by atoms with van der Waals surface area (Å²) in [6, 6.07) is 11.6. The maximum absolute atomic E-state index is 11.1. The van der Waals surface area contributed by atoms with Gasteiger partial charge in [0.2, 0.25) is 0 Å². The van der Waals surface area contributed by atoms with Gasteiger partial charge < -0.3 is 16.2 Å². The number of nitro groups is 1. The average Bonchev–Trinajstić information content (AvgIpc) is 2.46. The van der Waals surface area contributed by atoms with Crippen LogP contribution in [0.3, 0.4) is 0 Å². The molecule has 0 amide bonds. The molecule has 0 atom stereocenters. The summed E-state index contributed by atoms with van der Waals surface area (Å²) in [6.45, 7) is 0.332. The van der Waals surface area contributed by atoms with Crippen LogP contribution in [-0.4, -0.2) is 23.2 Å². The van der Waals surface area contributed by atoms with Crippen LogP contribution in [0.2, 0.25) is 0 Å². The summed E-state index contributed by atoms with van der Waals surface area (Å²) >= 11 is 0. The average molecular weight is 273 g/mol. The lowest BCUT2D eigenvalue weighted by Gasteiger charge is -2.12. The van der Waals surface area contributed by atoms with E-state index in [0.29, 0.717) is 29.0 Å². The summed E-state index contributed by atoms with van der Waals surface area (Å²) < 4.78 is 0. The second kappa shape index (κ2) is 6.03. The van der Waals surface area contributed by atoms with Crippen LogP contribution >= 0.6 is 0 Å². The minimum absolute atomic E-state index is 0.0187. The highest BCUT2D eigenvalue weighted by atomic mass is 16.6. The van der Waals surface area contributed by atoms with Crippen LogP contribution in [0.1, 0.15) is 0 Å². The van der Waals surface area contributed by atoms with Crippen LogP contribution in [0.4, 0.5) is 17.1 Å². The van der Waals surface area contributed by atoms with Gasteiger partial charge in [0.1, 0.15) is 0 Å². The number of hydrogen-bond acceptors (Lipinski definition) is 5. The SMILES string of the molecule is Nc1ccc(NCCO)c(-c2ccccc2[N+](=O)[O-])c1. The van der Waals surface area contributed by atoms with Crippen molar-refractivity contribution in [2.75, 3.05) is 24.2 Å². The van der Waals surface area contributed by atoms with E-state index in [4.69, 9.17) is 10.8 Å². The van der Waals surface area contributed by atoms with Crippen LogP contribution in [0.25, 0.3) is 11.1 Å². The van der Waals surface area contributed by atoms with E-state index < -0.39 is 4.92 Å². The molecule has 0 aliphatic carbocycles. The van der Waals surface area contributed by atoms with Gasteiger partial charge in [0.15, 0.2) is 0 Å². The quantitative estimate of drug-likeness (QED) is 0.440. The van der Waals surface area contributed by atoms with Crippen molar-refractivity contribution in [3.05, 3.63) is 52.6 Å². The number of aliphatic hydroxyl groups excluding tert-OH is 1. The standard InChI is InChI=1S/C14H15N3O3/c15-10-5-6-13(16-7-8-18)12(9-10)11-3-1-2-4-14(11)17(19)20/h1-6,9,16,18H,7-8,15H2. The number of nitro benzene ring substituents is 1. The van der Waals surface area contributed by atoms with Gasteiger partial charge >= 0.3 is 0 Å². The molecule has 0 aromatic heterocycles. The van der Waals surface area contributed by atoms with Crippen molar-refractivity contribution in [2.45, 2.75) is 0 Å². The van der Waals surface area contributed by atoms with E-state index in [2.05, 4.69) is 5.32 Å². The van der Waals surface area contributed by atoms with Gasteiger partial charge in [-0.25, -0.2) is 0 Å². The Morgan fingerprint density at radius 1 is 1.20 bits per heavy atom. The minimum Gasteiger partial charge on any atom is -0.399 e. The van der Waals surface area contributed by atoms with E-state index in [1.807, 2.05) is 0 Å². The fourth-order valence-electron chi connectivity index (χ4n) is 1.99. The predicted molar refractivity (Wildman–Crippen MR) is 78.5 cm³/mol. The Morgan fingerprint density at radius 2 is 1.95 bits per heavy atom. The first-order valence-corrected chi connectivity index (χ1v) is 6.11. The number of rotatable bonds is 5. The second-order valence-corrected chi connectivity index (χ2v) is 4.23. The first-order chi connectivity index (χ1) is 9.63. The van der Waals surface area contributed by atoms with Gasteiger partial charge in [-0.1, -0.05) is 12.1 Å². The van der Waals surface area contributed by atoms with Gasteiger partial charge in [0, 0.05) is 29.5 Å². The Labute approximate surface area is 116 Å². The lowest BCUT2D eigenvalue weighted by atomic mass is 10.0. The highest BCUT2D eigenvalue weighted by molar-refractivity contribution is 5.85. The lowest BCUT2D eigenvalue weighted by Crippen LogP contribution is -2.07. The van der Waals surface area contributed by atoms with Crippen molar-refractivity contribution in [3.8, 4) is 11.1 Å². The van der Waals surface area contributed by atoms with Gasteiger partial charge in [0.05, 0.1) is 17.1 Å². The Hall–Kier alpha value is -2.60. The monoisotopic (exact) mass is 273 g/mol. The molecule has 0 spiro atoms. The predicted octanol–water partition coefficient (Wildman–Crippen LogP) is 2.25. The molecule has 0 fully saturated rings. The van der Waals surface area contributed by atoms with E-state index in [0.717, 1.165) is 0 Å². The third-order valence-corrected chi connectivity index (χ3v) is 2.86. The molecule has 0 radical (unpaired) electrons. The molecule has 0 bridgehead atoms. The fraction of sp³-hybridized carbons (Fsp3) is 0.143. The summed E-state index contributed by atoms with van der Waals surface area (Å²) in [6.07, 6.45) is 0. The molecule has 20 heavy (non-hydrogen) atoms. The van der Waals surface area contributed by atoms with Gasteiger partial charge in [-0.15, -0.1) is 0 Å². The molecule has 6 heteroatoms. The van der Waals surface area contributed by atoms with Crippen molar-refractivity contribution in [1.29, 1.82) is 0 Å². The molecule has 104 valence electrons. The summed E-state index contributed by atoms with van der Waals surface area (Å²) in [7, 11) is 0. The molecule has 0 saturated heterocycles. The maximum Gasteiger partial charge on any atom is 0.277 e. The largest absolute Gasteiger partial charge is 0.399 e. The third-order valence-electron chi connectivity index (χ3n) is 2.86. The molecule has 4 N–H and O–H groups in total. The van der Waals surface area contributed by atoms with Crippen molar-refractivity contribution in [1.82, 2.24) is 0 Å². The molecule has 0 unspecified atom stereocenters. The molecule has 2 aromatic carbocycles. The van der Waals surface area contributed by atoms with Crippen molar-refractivity contribution >= 4 is 17.1 Å². The van der Waals surface area contributed by atoms with E-state index in [-0.39, 0.29) is 12.3 Å². The second-order valence-electron chi connectivity index (χ2n) is 4.23. The van der Waals surface area contributed by atoms with E-state index in [1.54, 1.807) is 36.4 Å². The number of aliphatic hydroxyl groups is 1. The topological polar surface area (TPSA) is 101 Å². The minimum atomic E-state index is -0.422. The molecule has 6 nitrogen and oxygen atoms in total. The summed E-state index contributed by atoms with van der Waals surface area (Å²) in [5.41, 5.74) is 8.14. The summed E-state index contributed by atoms with van der Waals surface area (Å²) in [5, 5.41) is 23.0. The molecule has 0 heterocycles. The molecular weight excluding hydrogens is 258 g/mol. The van der Waals surface area contributed by atoms with Gasteiger partial charge in [-0.3, -0.25) is 10.1 Å². The third kappa shape index (κ3) is 2.86. The number of nitrogens with zero attached hydrogens (tertiary/aromatic N) is 1. The van der Waals surface area contributed by atoms with E-state index in [9.17, 15) is 10.1 Å². The molecule has 0 saturated carbocycles. The number of nitrogens with one attached hydrogen (secondary N) is 1. The van der Waals surface area contributed by atoms with Crippen LogP contribution in [0, 0.1) is 10.1 Å².